The highest BCUT2D eigenvalue weighted by Crippen LogP contribution is 2.19. The summed E-state index contributed by atoms with van der Waals surface area (Å²) in [6.07, 6.45) is 2.28. The molecule has 0 saturated carbocycles. The van der Waals surface area contributed by atoms with E-state index in [-0.39, 0.29) is 6.03 Å². The van der Waals surface area contributed by atoms with Gasteiger partial charge in [0.15, 0.2) is 0 Å². The van der Waals surface area contributed by atoms with Crippen molar-refractivity contribution in [2.45, 2.75) is 32.7 Å². The van der Waals surface area contributed by atoms with E-state index >= 15 is 0 Å². The number of nitrogens with one attached hydrogen (secondary N) is 1. The Morgan fingerprint density at radius 2 is 2.21 bits per heavy atom. The third-order valence-corrected chi connectivity index (χ3v) is 2.92. The van der Waals surface area contributed by atoms with Gasteiger partial charge in [0, 0.05) is 19.1 Å². The van der Waals surface area contributed by atoms with Gasteiger partial charge in [-0.05, 0) is 18.9 Å². The SMILES string of the molecule is CCNC1CC(CC)CN(C(N)=O)C1. The van der Waals surface area contributed by atoms with E-state index in [9.17, 15) is 4.79 Å². The minimum Gasteiger partial charge on any atom is -0.351 e. The Morgan fingerprint density at radius 3 is 2.71 bits per heavy atom. The number of nitrogens with two attached hydrogens (primary N) is 1. The van der Waals surface area contributed by atoms with E-state index in [4.69, 9.17) is 5.73 Å². The summed E-state index contributed by atoms with van der Waals surface area (Å²) < 4.78 is 0. The molecule has 0 aromatic heterocycles. The maximum atomic E-state index is 11.1. The van der Waals surface area contributed by atoms with E-state index in [2.05, 4.69) is 19.2 Å². The maximum absolute atomic E-state index is 11.1. The van der Waals surface area contributed by atoms with E-state index in [1.807, 2.05) is 0 Å². The summed E-state index contributed by atoms with van der Waals surface area (Å²) in [7, 11) is 0. The molecule has 0 spiro atoms. The molecule has 4 heteroatoms. The Hall–Kier alpha value is -0.770. The van der Waals surface area contributed by atoms with Crippen LogP contribution >= 0.6 is 0 Å². The number of likely N-dealkylation sites (N-methyl/N-ethyl adjacent to an activating group) is 1. The van der Waals surface area contributed by atoms with Crippen molar-refractivity contribution in [3.63, 3.8) is 0 Å². The van der Waals surface area contributed by atoms with Gasteiger partial charge >= 0.3 is 6.03 Å². The Morgan fingerprint density at radius 1 is 1.50 bits per heavy atom. The zero-order chi connectivity index (χ0) is 10.6. The van der Waals surface area contributed by atoms with E-state index in [1.54, 1.807) is 4.90 Å². The van der Waals surface area contributed by atoms with Crippen molar-refractivity contribution in [1.82, 2.24) is 10.2 Å². The van der Waals surface area contributed by atoms with Gasteiger partial charge in [-0.15, -0.1) is 0 Å². The summed E-state index contributed by atoms with van der Waals surface area (Å²) in [4.78, 5) is 12.8. The van der Waals surface area contributed by atoms with Crippen LogP contribution in [0.4, 0.5) is 4.79 Å². The number of amides is 2. The molecule has 2 atom stereocenters. The first-order chi connectivity index (χ1) is 6.67. The fraction of sp³-hybridized carbons (Fsp3) is 0.900. The third kappa shape index (κ3) is 2.87. The van der Waals surface area contributed by atoms with Gasteiger partial charge in [-0.2, -0.15) is 0 Å². The van der Waals surface area contributed by atoms with E-state index < -0.39 is 0 Å². The van der Waals surface area contributed by atoms with Crippen molar-refractivity contribution in [3.8, 4) is 0 Å². The van der Waals surface area contributed by atoms with Crippen molar-refractivity contribution < 1.29 is 4.79 Å². The Balaban J connectivity index is 2.52. The summed E-state index contributed by atoms with van der Waals surface area (Å²) in [5.41, 5.74) is 5.30. The predicted molar refractivity (Wildman–Crippen MR) is 57.0 cm³/mol. The van der Waals surface area contributed by atoms with Crippen molar-refractivity contribution in [2.75, 3.05) is 19.6 Å². The number of carbonyl (C=O) groups excluding carboxylic acids is 1. The van der Waals surface area contributed by atoms with Crippen LogP contribution in [0.2, 0.25) is 0 Å². The van der Waals surface area contributed by atoms with Crippen LogP contribution in [0.1, 0.15) is 26.7 Å². The minimum atomic E-state index is -0.286. The molecule has 0 aromatic carbocycles. The first-order valence-corrected chi connectivity index (χ1v) is 5.45. The molecule has 1 aliphatic heterocycles. The monoisotopic (exact) mass is 199 g/mol. The van der Waals surface area contributed by atoms with Crippen molar-refractivity contribution >= 4 is 6.03 Å². The molecule has 0 radical (unpaired) electrons. The lowest BCUT2D eigenvalue weighted by Crippen LogP contribution is -2.52. The van der Waals surface area contributed by atoms with E-state index in [0.29, 0.717) is 12.0 Å². The van der Waals surface area contributed by atoms with E-state index in [0.717, 1.165) is 32.5 Å². The molecule has 14 heavy (non-hydrogen) atoms. The number of hydrogen-bond donors (Lipinski definition) is 2. The van der Waals surface area contributed by atoms with Gasteiger partial charge in [-0.25, -0.2) is 4.79 Å². The van der Waals surface area contributed by atoms with Crippen molar-refractivity contribution in [3.05, 3.63) is 0 Å². The fourth-order valence-electron chi connectivity index (χ4n) is 2.12. The predicted octanol–water partition coefficient (Wildman–Crippen LogP) is 0.775. The van der Waals surface area contributed by atoms with Gasteiger partial charge in [0.2, 0.25) is 0 Å². The summed E-state index contributed by atoms with van der Waals surface area (Å²) in [5, 5.41) is 3.38. The van der Waals surface area contributed by atoms with Crippen LogP contribution < -0.4 is 11.1 Å². The average Bonchev–Trinajstić information content (AvgIpc) is 2.17. The first-order valence-electron chi connectivity index (χ1n) is 5.45. The highest BCUT2D eigenvalue weighted by molar-refractivity contribution is 5.72. The topological polar surface area (TPSA) is 58.4 Å². The Labute approximate surface area is 85.8 Å². The number of urea groups is 1. The third-order valence-electron chi connectivity index (χ3n) is 2.92. The number of hydrogen-bond acceptors (Lipinski definition) is 2. The van der Waals surface area contributed by atoms with Gasteiger partial charge in [-0.3, -0.25) is 0 Å². The summed E-state index contributed by atoms with van der Waals surface area (Å²) >= 11 is 0. The van der Waals surface area contributed by atoms with Gasteiger partial charge in [-0.1, -0.05) is 20.3 Å². The zero-order valence-electron chi connectivity index (χ0n) is 9.12. The molecule has 82 valence electrons. The number of primary amides is 1. The molecule has 1 rings (SSSR count). The molecule has 3 N–H and O–H groups in total. The number of piperidine rings is 1. The van der Waals surface area contributed by atoms with Gasteiger partial charge in [0.1, 0.15) is 0 Å². The Kier molecular flexibility index (Phi) is 4.20. The number of carbonyl (C=O) groups is 1. The summed E-state index contributed by atoms with van der Waals surface area (Å²) in [5.74, 6) is 0.597. The average molecular weight is 199 g/mol. The molecule has 1 heterocycles. The normalized spacial score (nSPS) is 27.7. The second kappa shape index (κ2) is 5.20. The molecule has 1 aliphatic rings. The Bertz CT molecular complexity index is 196. The van der Waals surface area contributed by atoms with Gasteiger partial charge in [0.25, 0.3) is 0 Å². The maximum Gasteiger partial charge on any atom is 0.314 e. The van der Waals surface area contributed by atoms with Crippen LogP contribution in [-0.2, 0) is 0 Å². The molecular weight excluding hydrogens is 178 g/mol. The molecule has 2 unspecified atom stereocenters. The molecule has 1 fully saturated rings. The molecule has 1 saturated heterocycles. The zero-order valence-corrected chi connectivity index (χ0v) is 9.12. The number of likely N-dealkylation sites (tertiary alicyclic amines) is 1. The summed E-state index contributed by atoms with van der Waals surface area (Å²) in [6, 6.07) is 0.136. The first kappa shape index (κ1) is 11.3. The largest absolute Gasteiger partial charge is 0.351 e. The standard InChI is InChI=1S/C10H21N3O/c1-3-8-5-9(12-4-2)7-13(6-8)10(11)14/h8-9,12H,3-7H2,1-2H3,(H2,11,14). The number of rotatable bonds is 3. The molecular formula is C10H21N3O. The van der Waals surface area contributed by atoms with Gasteiger partial charge < -0.3 is 16.0 Å². The highest BCUT2D eigenvalue weighted by Gasteiger charge is 2.27. The summed E-state index contributed by atoms with van der Waals surface area (Å²) in [6.45, 7) is 6.80. The smallest absolute Gasteiger partial charge is 0.314 e. The van der Waals surface area contributed by atoms with Crippen LogP contribution in [-0.4, -0.2) is 36.6 Å². The van der Waals surface area contributed by atoms with Crippen molar-refractivity contribution in [2.24, 2.45) is 11.7 Å². The van der Waals surface area contributed by atoms with Crippen LogP contribution in [0.3, 0.4) is 0 Å². The second-order valence-electron chi connectivity index (χ2n) is 4.01. The lowest BCUT2D eigenvalue weighted by molar-refractivity contribution is 0.152. The van der Waals surface area contributed by atoms with Gasteiger partial charge in [0.05, 0.1) is 0 Å². The highest BCUT2D eigenvalue weighted by atomic mass is 16.2. The van der Waals surface area contributed by atoms with Crippen LogP contribution in [0, 0.1) is 5.92 Å². The quantitative estimate of drug-likeness (QED) is 0.705. The second-order valence-corrected chi connectivity index (χ2v) is 4.01. The molecule has 2 amide bonds. The lowest BCUT2D eigenvalue weighted by atomic mass is 9.92. The fourth-order valence-corrected chi connectivity index (χ4v) is 2.12. The molecule has 0 aromatic rings. The van der Waals surface area contributed by atoms with Crippen LogP contribution in [0.5, 0.6) is 0 Å². The lowest BCUT2D eigenvalue weighted by Gasteiger charge is -2.36. The molecule has 0 bridgehead atoms. The minimum absolute atomic E-state index is 0.286. The van der Waals surface area contributed by atoms with E-state index in [1.165, 1.54) is 0 Å². The molecule has 0 aliphatic carbocycles. The van der Waals surface area contributed by atoms with Crippen molar-refractivity contribution in [1.29, 1.82) is 0 Å². The van der Waals surface area contributed by atoms with Crippen LogP contribution in [0.15, 0.2) is 0 Å². The molecule has 4 nitrogen and oxygen atoms in total. The number of nitrogens with zero attached hydrogens (tertiary/aromatic N) is 1. The van der Waals surface area contributed by atoms with Crippen LogP contribution in [0.25, 0.3) is 0 Å².